The summed E-state index contributed by atoms with van der Waals surface area (Å²) in [4.78, 5) is 8.34. The van der Waals surface area contributed by atoms with Crippen LogP contribution in [0.1, 0.15) is 25.1 Å². The molecule has 2 heterocycles. The van der Waals surface area contributed by atoms with Gasteiger partial charge in [0, 0.05) is 44.4 Å². The van der Waals surface area contributed by atoms with E-state index >= 15 is 0 Å². The highest BCUT2D eigenvalue weighted by molar-refractivity contribution is 7.15. The Balaban J connectivity index is 1.89. The van der Waals surface area contributed by atoms with Gasteiger partial charge in [0.15, 0.2) is 10.8 Å². The van der Waals surface area contributed by atoms with Crippen LogP contribution in [0, 0.1) is 0 Å². The molecule has 0 spiro atoms. The number of nitrogens with one attached hydrogen (secondary N) is 1. The minimum absolute atomic E-state index is 0.363. The number of imidazole rings is 1. The molecule has 0 amide bonds. The van der Waals surface area contributed by atoms with Gasteiger partial charge in [0.2, 0.25) is 0 Å². The predicted molar refractivity (Wildman–Crippen MR) is 104 cm³/mol. The van der Waals surface area contributed by atoms with Gasteiger partial charge in [0.1, 0.15) is 0 Å². The van der Waals surface area contributed by atoms with Crippen molar-refractivity contribution in [2.75, 3.05) is 25.2 Å². The van der Waals surface area contributed by atoms with Gasteiger partial charge >= 0.3 is 0 Å². The van der Waals surface area contributed by atoms with Crippen LogP contribution in [-0.4, -0.2) is 35.7 Å². The lowest BCUT2D eigenvalue weighted by Gasteiger charge is -2.28. The van der Waals surface area contributed by atoms with Crippen molar-refractivity contribution in [2.24, 2.45) is 0 Å². The standard InChI is InChI=1S/C19H26N4OS/c1-15(2)23(14-16-7-5-4-6-8-16)18-17(13-20-9-11-24-3)22-10-12-25-19(22)21-18/h4-8,10,12,15,20H,9,11,13-14H2,1-3H3. The van der Waals surface area contributed by atoms with Crippen molar-refractivity contribution in [1.29, 1.82) is 0 Å². The number of fused-ring (bicyclic) bond motifs is 1. The number of hydrogen-bond donors (Lipinski definition) is 1. The monoisotopic (exact) mass is 358 g/mol. The fraction of sp³-hybridized carbons (Fsp3) is 0.421. The zero-order valence-electron chi connectivity index (χ0n) is 15.1. The molecular formula is C19H26N4OS. The highest BCUT2D eigenvalue weighted by Gasteiger charge is 2.21. The summed E-state index contributed by atoms with van der Waals surface area (Å²) in [7, 11) is 1.73. The Kier molecular flexibility index (Phi) is 6.07. The van der Waals surface area contributed by atoms with Gasteiger partial charge < -0.3 is 15.0 Å². The van der Waals surface area contributed by atoms with E-state index in [-0.39, 0.29) is 0 Å². The minimum atomic E-state index is 0.363. The Morgan fingerprint density at radius 1 is 1.28 bits per heavy atom. The van der Waals surface area contributed by atoms with Crippen molar-refractivity contribution in [1.82, 2.24) is 14.7 Å². The van der Waals surface area contributed by atoms with Crippen molar-refractivity contribution in [3.05, 3.63) is 53.2 Å². The normalized spacial score (nSPS) is 11.5. The Hall–Kier alpha value is -1.89. The van der Waals surface area contributed by atoms with E-state index in [1.807, 2.05) is 0 Å². The molecule has 3 aromatic rings. The van der Waals surface area contributed by atoms with Crippen LogP contribution in [0.4, 0.5) is 5.82 Å². The zero-order valence-corrected chi connectivity index (χ0v) is 15.9. The predicted octanol–water partition coefficient (Wildman–Crippen LogP) is 3.55. The first-order valence-electron chi connectivity index (χ1n) is 8.65. The molecule has 25 heavy (non-hydrogen) atoms. The summed E-state index contributed by atoms with van der Waals surface area (Å²) in [6.45, 7) is 7.60. The number of rotatable bonds is 9. The van der Waals surface area contributed by atoms with Crippen LogP contribution >= 0.6 is 11.3 Å². The first kappa shape index (κ1) is 17.9. The van der Waals surface area contributed by atoms with Crippen LogP contribution in [0.15, 0.2) is 41.9 Å². The fourth-order valence-electron chi connectivity index (χ4n) is 2.88. The van der Waals surface area contributed by atoms with Gasteiger partial charge in [-0.15, -0.1) is 11.3 Å². The highest BCUT2D eigenvalue weighted by Crippen LogP contribution is 2.27. The van der Waals surface area contributed by atoms with Crippen molar-refractivity contribution >= 4 is 22.1 Å². The van der Waals surface area contributed by atoms with Crippen LogP contribution < -0.4 is 10.2 Å². The molecule has 0 saturated carbocycles. The smallest absolute Gasteiger partial charge is 0.195 e. The third kappa shape index (κ3) is 4.21. The third-order valence-electron chi connectivity index (χ3n) is 4.21. The molecule has 0 fully saturated rings. The number of nitrogens with zero attached hydrogens (tertiary/aromatic N) is 3. The molecule has 3 rings (SSSR count). The lowest BCUT2D eigenvalue weighted by atomic mass is 10.2. The SMILES string of the molecule is COCCNCc1c(N(Cc2ccccc2)C(C)C)nc2sccn12. The van der Waals surface area contributed by atoms with Gasteiger partial charge in [-0.3, -0.25) is 4.40 Å². The van der Waals surface area contributed by atoms with Crippen LogP contribution in [0.2, 0.25) is 0 Å². The summed E-state index contributed by atoms with van der Waals surface area (Å²) in [6.07, 6.45) is 2.10. The summed E-state index contributed by atoms with van der Waals surface area (Å²) >= 11 is 1.67. The van der Waals surface area contributed by atoms with Crippen LogP contribution in [-0.2, 0) is 17.8 Å². The second-order valence-corrected chi connectivity index (χ2v) is 7.19. The van der Waals surface area contributed by atoms with Crippen LogP contribution in [0.5, 0.6) is 0 Å². The molecule has 0 aliphatic heterocycles. The first-order valence-corrected chi connectivity index (χ1v) is 9.53. The third-order valence-corrected chi connectivity index (χ3v) is 4.96. The van der Waals surface area contributed by atoms with Crippen molar-refractivity contribution in [3.63, 3.8) is 0 Å². The molecule has 5 nitrogen and oxygen atoms in total. The average molecular weight is 359 g/mol. The molecule has 0 unspecified atom stereocenters. The zero-order chi connectivity index (χ0) is 17.6. The second kappa shape index (κ2) is 8.47. The molecule has 1 aromatic carbocycles. The fourth-order valence-corrected chi connectivity index (χ4v) is 3.61. The molecule has 134 valence electrons. The Morgan fingerprint density at radius 3 is 2.80 bits per heavy atom. The van der Waals surface area contributed by atoms with Crippen LogP contribution in [0.3, 0.4) is 0 Å². The molecule has 0 radical (unpaired) electrons. The molecular weight excluding hydrogens is 332 g/mol. The molecule has 0 bridgehead atoms. The molecule has 0 aliphatic rings. The topological polar surface area (TPSA) is 41.8 Å². The summed E-state index contributed by atoms with van der Waals surface area (Å²) in [5.74, 6) is 1.07. The van der Waals surface area contributed by atoms with E-state index in [0.29, 0.717) is 12.6 Å². The van der Waals surface area contributed by atoms with Gasteiger partial charge in [0.05, 0.1) is 12.3 Å². The van der Waals surface area contributed by atoms with Gasteiger partial charge in [-0.2, -0.15) is 0 Å². The van der Waals surface area contributed by atoms with E-state index in [0.717, 1.165) is 30.4 Å². The van der Waals surface area contributed by atoms with E-state index in [4.69, 9.17) is 9.72 Å². The molecule has 1 N–H and O–H groups in total. The number of thiazole rings is 1. The maximum absolute atomic E-state index is 5.14. The molecule has 0 aliphatic carbocycles. The Morgan fingerprint density at radius 2 is 2.08 bits per heavy atom. The number of methoxy groups -OCH3 is 1. The largest absolute Gasteiger partial charge is 0.383 e. The summed E-state index contributed by atoms with van der Waals surface area (Å²) in [5, 5.41) is 5.55. The number of benzene rings is 1. The van der Waals surface area contributed by atoms with Crippen molar-refractivity contribution < 1.29 is 4.74 Å². The first-order chi connectivity index (χ1) is 12.2. The van der Waals surface area contributed by atoms with E-state index in [9.17, 15) is 0 Å². The van der Waals surface area contributed by atoms with Gasteiger partial charge in [0.25, 0.3) is 0 Å². The maximum Gasteiger partial charge on any atom is 0.195 e. The average Bonchev–Trinajstić information content (AvgIpc) is 3.19. The van der Waals surface area contributed by atoms with Gasteiger partial charge in [-0.25, -0.2) is 4.98 Å². The van der Waals surface area contributed by atoms with Crippen molar-refractivity contribution in [2.45, 2.75) is 33.0 Å². The summed E-state index contributed by atoms with van der Waals surface area (Å²) < 4.78 is 7.33. The Labute approximate surface area is 153 Å². The van der Waals surface area contributed by atoms with Crippen molar-refractivity contribution in [3.8, 4) is 0 Å². The quantitative estimate of drug-likeness (QED) is 0.594. The second-order valence-electron chi connectivity index (χ2n) is 6.31. The Bertz CT molecular complexity index is 781. The van der Waals surface area contributed by atoms with E-state index < -0.39 is 0 Å². The number of hydrogen-bond acceptors (Lipinski definition) is 5. The molecule has 6 heteroatoms. The van der Waals surface area contributed by atoms with Crippen LogP contribution in [0.25, 0.3) is 4.96 Å². The number of anilines is 1. The molecule has 0 atom stereocenters. The van der Waals surface area contributed by atoms with Gasteiger partial charge in [-0.1, -0.05) is 30.3 Å². The molecule has 0 saturated heterocycles. The number of ether oxygens (including phenoxy) is 1. The summed E-state index contributed by atoms with van der Waals surface area (Å²) in [5.41, 5.74) is 2.50. The minimum Gasteiger partial charge on any atom is -0.383 e. The van der Waals surface area contributed by atoms with Gasteiger partial charge in [-0.05, 0) is 19.4 Å². The van der Waals surface area contributed by atoms with E-state index in [2.05, 4.69) is 70.4 Å². The highest BCUT2D eigenvalue weighted by atomic mass is 32.1. The van der Waals surface area contributed by atoms with E-state index in [1.54, 1.807) is 18.4 Å². The van der Waals surface area contributed by atoms with E-state index in [1.165, 1.54) is 11.3 Å². The summed E-state index contributed by atoms with van der Waals surface area (Å²) in [6, 6.07) is 10.9. The molecule has 2 aromatic heterocycles. The maximum atomic E-state index is 5.14. The number of aromatic nitrogens is 2. The lowest BCUT2D eigenvalue weighted by molar-refractivity contribution is 0.199. The lowest BCUT2D eigenvalue weighted by Crippen LogP contribution is -2.32.